The topological polar surface area (TPSA) is 53.6 Å². The number of aryl methyl sites for hydroxylation is 1. The fourth-order valence-corrected chi connectivity index (χ4v) is 4.77. The van der Waals surface area contributed by atoms with Crippen molar-refractivity contribution in [2.24, 2.45) is 0 Å². The molecule has 2 aliphatic rings. The maximum atomic E-state index is 6.16. The van der Waals surface area contributed by atoms with Crippen molar-refractivity contribution in [3.05, 3.63) is 82.9 Å². The van der Waals surface area contributed by atoms with Crippen LogP contribution in [0.3, 0.4) is 0 Å². The van der Waals surface area contributed by atoms with Gasteiger partial charge in [0.1, 0.15) is 18.2 Å². The number of aromatic nitrogens is 2. The molecule has 0 aliphatic carbocycles. The van der Waals surface area contributed by atoms with Gasteiger partial charge in [-0.05, 0) is 43.0 Å². The highest BCUT2D eigenvalue weighted by Gasteiger charge is 2.21. The molecule has 6 nitrogen and oxygen atoms in total. The van der Waals surface area contributed by atoms with E-state index in [4.69, 9.17) is 9.47 Å². The predicted molar refractivity (Wildman–Crippen MR) is 129 cm³/mol. The molecule has 3 heterocycles. The number of rotatable bonds is 7. The number of hydrogen-bond donors (Lipinski definition) is 1. The van der Waals surface area contributed by atoms with Gasteiger partial charge in [-0.1, -0.05) is 36.4 Å². The van der Waals surface area contributed by atoms with Crippen LogP contribution in [-0.4, -0.2) is 52.1 Å². The lowest BCUT2D eigenvalue weighted by Crippen LogP contribution is -2.36. The molecule has 1 saturated heterocycles. The quantitative estimate of drug-likeness (QED) is 0.587. The number of likely N-dealkylation sites (tertiary alicyclic amines) is 1. The fraction of sp³-hybridized carbons (Fsp3) is 0.444. The number of benzene rings is 2. The molecule has 0 saturated carbocycles. The van der Waals surface area contributed by atoms with Gasteiger partial charge in [-0.25, -0.2) is 4.98 Å². The largest absolute Gasteiger partial charge is 0.492 e. The maximum Gasteiger partial charge on any atom is 0.123 e. The highest BCUT2D eigenvalue weighted by atomic mass is 16.5. The van der Waals surface area contributed by atoms with Crippen molar-refractivity contribution in [2.45, 2.75) is 52.1 Å². The molecule has 33 heavy (non-hydrogen) atoms. The van der Waals surface area contributed by atoms with Crippen LogP contribution in [-0.2, 0) is 31.0 Å². The van der Waals surface area contributed by atoms with Crippen LogP contribution in [0.2, 0.25) is 0 Å². The third-order valence-electron chi connectivity index (χ3n) is 6.58. The molecule has 2 aromatic carbocycles. The summed E-state index contributed by atoms with van der Waals surface area (Å²) in [5.74, 6) is 2.04. The first kappa shape index (κ1) is 22.1. The second-order valence-corrected chi connectivity index (χ2v) is 9.29. The number of hydrogen-bond acceptors (Lipinski definition) is 5. The Morgan fingerprint density at radius 2 is 1.85 bits per heavy atom. The standard InChI is InChI=1S/C27H34N4O2/c1-21-16-28-27(29-21)19-31-13-14-32-26-8-7-23(15-24(26)18-31)17-30-11-9-25(10-12-30)33-20-22-5-3-2-4-6-22/h2-8,15-16,25H,9-14,17-20H2,1H3,(H,28,29). The van der Waals surface area contributed by atoms with Crippen LogP contribution >= 0.6 is 0 Å². The first-order valence-corrected chi connectivity index (χ1v) is 12.1. The summed E-state index contributed by atoms with van der Waals surface area (Å²) in [5, 5.41) is 0. The summed E-state index contributed by atoms with van der Waals surface area (Å²) in [6.45, 7) is 9.22. The van der Waals surface area contributed by atoms with E-state index in [1.807, 2.05) is 19.2 Å². The van der Waals surface area contributed by atoms with Crippen LogP contribution in [0.5, 0.6) is 5.75 Å². The van der Waals surface area contributed by atoms with Crippen LogP contribution in [0.1, 0.15) is 41.1 Å². The van der Waals surface area contributed by atoms with Crippen molar-refractivity contribution in [1.29, 1.82) is 0 Å². The molecule has 1 fully saturated rings. The zero-order chi connectivity index (χ0) is 22.5. The van der Waals surface area contributed by atoms with Gasteiger partial charge in [0.2, 0.25) is 0 Å². The van der Waals surface area contributed by atoms with Crippen molar-refractivity contribution in [3.63, 3.8) is 0 Å². The SMILES string of the molecule is Cc1cnc(CN2CCOc3ccc(CN4CCC(OCc5ccccc5)CC4)cc3C2)[nH]1. The Kier molecular flexibility index (Phi) is 7.05. The van der Waals surface area contributed by atoms with Crippen molar-refractivity contribution in [2.75, 3.05) is 26.2 Å². The van der Waals surface area contributed by atoms with Gasteiger partial charge in [0.05, 0.1) is 19.3 Å². The number of nitrogens with one attached hydrogen (secondary N) is 1. The minimum atomic E-state index is 0.362. The Labute approximate surface area is 196 Å². The second-order valence-electron chi connectivity index (χ2n) is 9.29. The number of aromatic amines is 1. The molecule has 1 N–H and O–H groups in total. The number of fused-ring (bicyclic) bond motifs is 1. The number of imidazole rings is 1. The fourth-order valence-electron chi connectivity index (χ4n) is 4.77. The van der Waals surface area contributed by atoms with E-state index >= 15 is 0 Å². The van der Waals surface area contributed by atoms with Gasteiger partial charge in [0, 0.05) is 50.2 Å². The van der Waals surface area contributed by atoms with Crippen LogP contribution in [0, 0.1) is 6.92 Å². The zero-order valence-electron chi connectivity index (χ0n) is 19.5. The summed E-state index contributed by atoms with van der Waals surface area (Å²) in [7, 11) is 0. The molecule has 2 aliphatic heterocycles. The summed E-state index contributed by atoms with van der Waals surface area (Å²) in [4.78, 5) is 12.8. The number of nitrogens with zero attached hydrogens (tertiary/aromatic N) is 3. The summed E-state index contributed by atoms with van der Waals surface area (Å²) < 4.78 is 12.2. The first-order chi connectivity index (χ1) is 16.2. The summed E-state index contributed by atoms with van der Waals surface area (Å²) in [6, 6.07) is 17.2. The normalized spacial score (nSPS) is 18.0. The van der Waals surface area contributed by atoms with E-state index < -0.39 is 0 Å². The third-order valence-corrected chi connectivity index (χ3v) is 6.58. The van der Waals surface area contributed by atoms with E-state index in [-0.39, 0.29) is 0 Å². The van der Waals surface area contributed by atoms with Gasteiger partial charge in [0.25, 0.3) is 0 Å². The van der Waals surface area contributed by atoms with Crippen molar-refractivity contribution in [3.8, 4) is 5.75 Å². The minimum absolute atomic E-state index is 0.362. The number of ether oxygens (including phenoxy) is 2. The zero-order valence-corrected chi connectivity index (χ0v) is 19.5. The monoisotopic (exact) mass is 446 g/mol. The van der Waals surface area contributed by atoms with Gasteiger partial charge < -0.3 is 14.5 Å². The summed E-state index contributed by atoms with van der Waals surface area (Å²) in [5.41, 5.74) is 4.99. The Morgan fingerprint density at radius 1 is 1.00 bits per heavy atom. The van der Waals surface area contributed by atoms with Crippen molar-refractivity contribution in [1.82, 2.24) is 19.8 Å². The maximum absolute atomic E-state index is 6.16. The summed E-state index contributed by atoms with van der Waals surface area (Å²) >= 11 is 0. The molecular formula is C27H34N4O2. The van der Waals surface area contributed by atoms with Gasteiger partial charge in [-0.2, -0.15) is 0 Å². The average Bonchev–Trinajstić information content (AvgIpc) is 3.14. The molecule has 174 valence electrons. The number of H-pyrrole nitrogens is 1. The molecule has 5 rings (SSSR count). The lowest BCUT2D eigenvalue weighted by Gasteiger charge is -2.32. The van der Waals surface area contributed by atoms with E-state index in [9.17, 15) is 0 Å². The first-order valence-electron chi connectivity index (χ1n) is 12.1. The van der Waals surface area contributed by atoms with E-state index in [1.165, 1.54) is 16.7 Å². The van der Waals surface area contributed by atoms with Crippen molar-refractivity contribution >= 4 is 0 Å². The molecule has 1 aromatic heterocycles. The molecule has 0 unspecified atom stereocenters. The van der Waals surface area contributed by atoms with Crippen LogP contribution in [0.15, 0.2) is 54.7 Å². The molecule has 0 amide bonds. The molecular weight excluding hydrogens is 412 g/mol. The van der Waals surface area contributed by atoms with E-state index in [1.54, 1.807) is 0 Å². The molecule has 0 spiro atoms. The highest BCUT2D eigenvalue weighted by molar-refractivity contribution is 5.38. The third kappa shape index (κ3) is 6.02. The van der Waals surface area contributed by atoms with Crippen molar-refractivity contribution < 1.29 is 9.47 Å². The van der Waals surface area contributed by atoms with E-state index in [0.717, 1.165) is 69.4 Å². The molecule has 6 heteroatoms. The van der Waals surface area contributed by atoms with E-state index in [0.29, 0.717) is 19.3 Å². The van der Waals surface area contributed by atoms with Crippen LogP contribution in [0.4, 0.5) is 0 Å². The molecule has 0 radical (unpaired) electrons. The lowest BCUT2D eigenvalue weighted by molar-refractivity contribution is -0.00394. The van der Waals surface area contributed by atoms with Crippen LogP contribution < -0.4 is 4.74 Å². The Balaban J connectivity index is 1.14. The minimum Gasteiger partial charge on any atom is -0.492 e. The van der Waals surface area contributed by atoms with Crippen LogP contribution in [0.25, 0.3) is 0 Å². The highest BCUT2D eigenvalue weighted by Crippen LogP contribution is 2.26. The Morgan fingerprint density at radius 3 is 2.64 bits per heavy atom. The van der Waals surface area contributed by atoms with Gasteiger partial charge >= 0.3 is 0 Å². The Bertz CT molecular complexity index is 1030. The molecule has 3 aromatic rings. The molecule has 0 atom stereocenters. The smallest absolute Gasteiger partial charge is 0.123 e. The van der Waals surface area contributed by atoms with Gasteiger partial charge in [0.15, 0.2) is 0 Å². The second kappa shape index (κ2) is 10.5. The van der Waals surface area contributed by atoms with E-state index in [2.05, 4.69) is 62.2 Å². The average molecular weight is 447 g/mol. The number of piperidine rings is 1. The predicted octanol–water partition coefficient (Wildman–Crippen LogP) is 4.29. The lowest BCUT2D eigenvalue weighted by atomic mass is 10.0. The Hall–Kier alpha value is -2.67. The van der Waals surface area contributed by atoms with Gasteiger partial charge in [-0.3, -0.25) is 9.80 Å². The molecule has 0 bridgehead atoms. The summed E-state index contributed by atoms with van der Waals surface area (Å²) in [6.07, 6.45) is 4.45. The van der Waals surface area contributed by atoms with Gasteiger partial charge in [-0.15, -0.1) is 0 Å².